The Labute approximate surface area is 102 Å². The van der Waals surface area contributed by atoms with Crippen LogP contribution < -0.4 is 0 Å². The third kappa shape index (κ3) is 1.80. The minimum absolute atomic E-state index is 0.743. The first-order valence-corrected chi connectivity index (χ1v) is 6.22. The van der Waals surface area contributed by atoms with Crippen LogP contribution in [0.4, 0.5) is 0 Å². The van der Waals surface area contributed by atoms with Crippen molar-refractivity contribution in [3.05, 3.63) is 39.7 Å². The van der Waals surface area contributed by atoms with E-state index in [-0.39, 0.29) is 0 Å². The van der Waals surface area contributed by atoms with Crippen molar-refractivity contribution in [3.63, 3.8) is 0 Å². The van der Waals surface area contributed by atoms with Gasteiger partial charge in [0.05, 0.1) is 0 Å². The van der Waals surface area contributed by atoms with Gasteiger partial charge >= 0.3 is 0 Å². The van der Waals surface area contributed by atoms with Gasteiger partial charge in [0.25, 0.3) is 0 Å². The topological polar surface area (TPSA) is 28.7 Å². The fourth-order valence-corrected chi connectivity index (χ4v) is 2.37. The molecule has 3 heteroatoms. The van der Waals surface area contributed by atoms with E-state index in [1.807, 2.05) is 6.20 Å². The Morgan fingerprint density at radius 3 is 2.80 bits per heavy atom. The second kappa shape index (κ2) is 3.63. The molecule has 0 amide bonds. The Bertz CT molecular complexity index is 486. The average molecular weight is 310 g/mol. The van der Waals surface area contributed by atoms with Gasteiger partial charge in [-0.15, -0.1) is 0 Å². The Hall–Kier alpha value is -0.840. The van der Waals surface area contributed by atoms with Gasteiger partial charge in [-0.1, -0.05) is 18.2 Å². The number of rotatable bonds is 2. The first kappa shape index (κ1) is 9.39. The maximum Gasteiger partial charge on any atom is 0.138 e. The minimum atomic E-state index is 0.743. The number of aromatic amines is 1. The van der Waals surface area contributed by atoms with Gasteiger partial charge in [-0.2, -0.15) is 0 Å². The van der Waals surface area contributed by atoms with E-state index in [0.717, 1.165) is 11.7 Å². The van der Waals surface area contributed by atoms with E-state index in [1.165, 1.54) is 27.7 Å². The summed E-state index contributed by atoms with van der Waals surface area (Å²) in [6.07, 6.45) is 4.61. The van der Waals surface area contributed by atoms with Gasteiger partial charge < -0.3 is 4.98 Å². The summed E-state index contributed by atoms with van der Waals surface area (Å²) in [6, 6.07) is 8.32. The van der Waals surface area contributed by atoms with Crippen molar-refractivity contribution in [2.45, 2.75) is 18.8 Å². The number of benzene rings is 1. The molecule has 15 heavy (non-hydrogen) atoms. The molecule has 0 aliphatic heterocycles. The SMILES string of the molecule is Ic1ccccc1-c1ncc(C2CC2)[nH]1. The van der Waals surface area contributed by atoms with Gasteiger partial charge in [0.2, 0.25) is 0 Å². The predicted molar refractivity (Wildman–Crippen MR) is 68.7 cm³/mol. The fourth-order valence-electron chi connectivity index (χ4n) is 1.73. The molecule has 0 saturated heterocycles. The maximum absolute atomic E-state index is 4.45. The molecule has 0 bridgehead atoms. The lowest BCUT2D eigenvalue weighted by molar-refractivity contribution is 1.05. The van der Waals surface area contributed by atoms with Crippen molar-refractivity contribution in [1.29, 1.82) is 0 Å². The van der Waals surface area contributed by atoms with Crippen LogP contribution in [0.15, 0.2) is 30.5 Å². The van der Waals surface area contributed by atoms with E-state index < -0.39 is 0 Å². The van der Waals surface area contributed by atoms with Gasteiger partial charge in [0.1, 0.15) is 5.82 Å². The lowest BCUT2D eigenvalue weighted by Crippen LogP contribution is -1.85. The number of halogens is 1. The minimum Gasteiger partial charge on any atom is -0.342 e. The van der Waals surface area contributed by atoms with Crippen LogP contribution in [-0.2, 0) is 0 Å². The molecule has 76 valence electrons. The number of nitrogens with zero attached hydrogens (tertiary/aromatic N) is 1. The highest BCUT2D eigenvalue weighted by molar-refractivity contribution is 14.1. The Morgan fingerprint density at radius 1 is 1.27 bits per heavy atom. The molecule has 1 fully saturated rings. The van der Waals surface area contributed by atoms with Crippen LogP contribution >= 0.6 is 22.6 Å². The Morgan fingerprint density at radius 2 is 2.07 bits per heavy atom. The number of hydrogen-bond acceptors (Lipinski definition) is 1. The van der Waals surface area contributed by atoms with Gasteiger partial charge in [-0.3, -0.25) is 0 Å². The van der Waals surface area contributed by atoms with Gasteiger partial charge in [-0.25, -0.2) is 4.98 Å². The standard InChI is InChI=1S/C12H11IN2/c13-10-4-2-1-3-9(10)12-14-7-11(15-12)8-5-6-8/h1-4,7-8H,5-6H2,(H,14,15). The molecule has 0 spiro atoms. The van der Waals surface area contributed by atoms with Crippen molar-refractivity contribution in [3.8, 4) is 11.4 Å². The van der Waals surface area contributed by atoms with E-state index in [0.29, 0.717) is 0 Å². The monoisotopic (exact) mass is 310 g/mol. The number of hydrogen-bond donors (Lipinski definition) is 1. The lowest BCUT2D eigenvalue weighted by Gasteiger charge is -1.99. The lowest BCUT2D eigenvalue weighted by atomic mass is 10.2. The molecular formula is C12H11IN2. The smallest absolute Gasteiger partial charge is 0.138 e. The molecule has 0 unspecified atom stereocenters. The summed E-state index contributed by atoms with van der Waals surface area (Å²) >= 11 is 2.35. The van der Waals surface area contributed by atoms with Crippen molar-refractivity contribution in [2.75, 3.05) is 0 Å². The van der Waals surface area contributed by atoms with Crippen LogP contribution in [0, 0.1) is 3.57 Å². The summed E-state index contributed by atoms with van der Waals surface area (Å²) in [5.74, 6) is 1.74. The number of nitrogens with one attached hydrogen (secondary N) is 1. The summed E-state index contributed by atoms with van der Waals surface area (Å²) in [5.41, 5.74) is 2.50. The predicted octanol–water partition coefficient (Wildman–Crippen LogP) is 3.56. The first-order valence-electron chi connectivity index (χ1n) is 5.14. The second-order valence-electron chi connectivity index (χ2n) is 3.94. The zero-order chi connectivity index (χ0) is 10.3. The van der Waals surface area contributed by atoms with Gasteiger partial charge in [-0.05, 0) is 41.5 Å². The molecule has 1 saturated carbocycles. The zero-order valence-corrected chi connectivity index (χ0v) is 10.4. The van der Waals surface area contributed by atoms with E-state index >= 15 is 0 Å². The highest BCUT2D eigenvalue weighted by atomic mass is 127. The zero-order valence-electron chi connectivity index (χ0n) is 8.20. The van der Waals surface area contributed by atoms with Crippen LogP contribution in [0.25, 0.3) is 11.4 Å². The number of imidazole rings is 1. The molecule has 1 N–H and O–H groups in total. The molecule has 0 atom stereocenters. The summed E-state index contributed by atoms with van der Waals surface area (Å²) in [6.45, 7) is 0. The third-order valence-electron chi connectivity index (χ3n) is 2.74. The van der Waals surface area contributed by atoms with E-state index in [1.54, 1.807) is 0 Å². The summed E-state index contributed by atoms with van der Waals surface area (Å²) < 4.78 is 1.24. The van der Waals surface area contributed by atoms with Crippen molar-refractivity contribution in [1.82, 2.24) is 9.97 Å². The molecule has 0 radical (unpaired) electrons. The van der Waals surface area contributed by atoms with E-state index in [4.69, 9.17) is 0 Å². The summed E-state index contributed by atoms with van der Waals surface area (Å²) in [7, 11) is 0. The summed E-state index contributed by atoms with van der Waals surface area (Å²) in [4.78, 5) is 7.86. The maximum atomic E-state index is 4.45. The average Bonchev–Trinajstić information content (AvgIpc) is 2.99. The van der Waals surface area contributed by atoms with Crippen LogP contribution in [-0.4, -0.2) is 9.97 Å². The molecule has 1 aromatic carbocycles. The molecule has 1 aliphatic carbocycles. The number of H-pyrrole nitrogens is 1. The van der Waals surface area contributed by atoms with Gasteiger partial charge in [0, 0.05) is 26.9 Å². The van der Waals surface area contributed by atoms with Crippen molar-refractivity contribution in [2.24, 2.45) is 0 Å². The fraction of sp³-hybridized carbons (Fsp3) is 0.250. The van der Waals surface area contributed by atoms with Crippen LogP contribution in [0.1, 0.15) is 24.5 Å². The molecular weight excluding hydrogens is 299 g/mol. The second-order valence-corrected chi connectivity index (χ2v) is 5.10. The van der Waals surface area contributed by atoms with Crippen molar-refractivity contribution >= 4 is 22.6 Å². The van der Waals surface area contributed by atoms with Gasteiger partial charge in [0.15, 0.2) is 0 Å². The van der Waals surface area contributed by atoms with E-state index in [9.17, 15) is 0 Å². The summed E-state index contributed by atoms with van der Waals surface area (Å²) in [5, 5.41) is 0. The molecule has 2 nitrogen and oxygen atoms in total. The number of aromatic nitrogens is 2. The Kier molecular flexibility index (Phi) is 2.27. The molecule has 1 aromatic heterocycles. The van der Waals surface area contributed by atoms with Crippen LogP contribution in [0.3, 0.4) is 0 Å². The normalized spacial score (nSPS) is 15.5. The molecule has 1 heterocycles. The third-order valence-corrected chi connectivity index (χ3v) is 3.68. The van der Waals surface area contributed by atoms with Crippen molar-refractivity contribution < 1.29 is 0 Å². The molecule has 2 aromatic rings. The largest absolute Gasteiger partial charge is 0.342 e. The molecule has 3 rings (SSSR count). The first-order chi connectivity index (χ1) is 7.34. The highest BCUT2D eigenvalue weighted by Gasteiger charge is 2.25. The van der Waals surface area contributed by atoms with Crippen LogP contribution in [0.5, 0.6) is 0 Å². The van der Waals surface area contributed by atoms with E-state index in [2.05, 4.69) is 56.8 Å². The molecule has 1 aliphatic rings. The quantitative estimate of drug-likeness (QED) is 0.844. The Balaban J connectivity index is 2.01. The van der Waals surface area contributed by atoms with Crippen LogP contribution in [0.2, 0.25) is 0 Å². The highest BCUT2D eigenvalue weighted by Crippen LogP contribution is 2.39.